The standard InChI is InChI=1S/C30H37FN6O3/c1-36(20-10-21(38)11-20)27-23-16-40-30(8-2-4-18-5-6-24(33)22(14-32)26(18)30)13-25(23)34-28(35-27)39-17-29-7-3-9-37(29)15-19(31)12-29/h5-6,19-21,38H,2-4,7-13,15-17,33H2,1H3. The Labute approximate surface area is 234 Å². The molecule has 1 aromatic carbocycles. The summed E-state index contributed by atoms with van der Waals surface area (Å²) in [5.74, 6) is 0.756. The van der Waals surface area contributed by atoms with Gasteiger partial charge in [0.05, 0.1) is 29.5 Å². The minimum atomic E-state index is -0.828. The van der Waals surface area contributed by atoms with Crippen LogP contribution in [0.25, 0.3) is 0 Å². The normalized spacial score (nSPS) is 32.6. The lowest BCUT2D eigenvalue weighted by atomic mass is 9.72. The molecular weight excluding hydrogens is 511 g/mol. The van der Waals surface area contributed by atoms with Gasteiger partial charge in [0, 0.05) is 49.3 Å². The Morgan fingerprint density at radius 1 is 1.30 bits per heavy atom. The fourth-order valence-corrected chi connectivity index (χ4v) is 7.89. The average molecular weight is 549 g/mol. The van der Waals surface area contributed by atoms with Crippen molar-refractivity contribution in [3.05, 3.63) is 40.1 Å². The van der Waals surface area contributed by atoms with Gasteiger partial charge in [-0.05, 0) is 63.1 Å². The lowest BCUT2D eigenvalue weighted by Gasteiger charge is -2.44. The number of alkyl halides is 1. The number of aromatic nitrogens is 2. The molecule has 3 N–H and O–H groups in total. The third-order valence-corrected chi connectivity index (χ3v) is 10.1. The van der Waals surface area contributed by atoms with Gasteiger partial charge in [0.25, 0.3) is 0 Å². The first kappa shape index (κ1) is 25.9. The highest BCUT2D eigenvalue weighted by atomic mass is 19.1. The van der Waals surface area contributed by atoms with E-state index in [-0.39, 0.29) is 17.7 Å². The van der Waals surface area contributed by atoms with Crippen LogP contribution in [0.2, 0.25) is 0 Å². The number of nitrogens with two attached hydrogens (primary N) is 1. The van der Waals surface area contributed by atoms with Gasteiger partial charge in [-0.3, -0.25) is 4.90 Å². The lowest BCUT2D eigenvalue weighted by Crippen LogP contribution is -2.47. The van der Waals surface area contributed by atoms with E-state index < -0.39 is 11.8 Å². The zero-order valence-electron chi connectivity index (χ0n) is 23.0. The van der Waals surface area contributed by atoms with E-state index in [0.29, 0.717) is 62.7 Å². The highest BCUT2D eigenvalue weighted by Crippen LogP contribution is 2.48. The van der Waals surface area contributed by atoms with Crippen LogP contribution in [0.3, 0.4) is 0 Å². The number of aliphatic hydroxyl groups excluding tert-OH is 1. The van der Waals surface area contributed by atoms with E-state index in [4.69, 9.17) is 25.2 Å². The Balaban J connectivity index is 1.26. The van der Waals surface area contributed by atoms with Gasteiger partial charge in [-0.25, -0.2) is 4.39 Å². The largest absolute Gasteiger partial charge is 0.461 e. The van der Waals surface area contributed by atoms with Crippen LogP contribution in [-0.2, 0) is 29.8 Å². The topological polar surface area (TPSA) is 121 Å². The first-order valence-electron chi connectivity index (χ1n) is 14.6. The van der Waals surface area contributed by atoms with Crippen LogP contribution in [-0.4, -0.2) is 70.6 Å². The van der Waals surface area contributed by atoms with E-state index in [2.05, 4.69) is 15.9 Å². The summed E-state index contributed by atoms with van der Waals surface area (Å²) >= 11 is 0. The van der Waals surface area contributed by atoms with Crippen molar-refractivity contribution in [3.63, 3.8) is 0 Å². The third kappa shape index (κ3) is 4.05. The van der Waals surface area contributed by atoms with Crippen molar-refractivity contribution in [2.45, 2.75) is 93.9 Å². The number of aryl methyl sites for hydroxylation is 1. The van der Waals surface area contributed by atoms with Gasteiger partial charge in [0.2, 0.25) is 0 Å². The molecule has 1 spiro atoms. The molecule has 3 atom stereocenters. The van der Waals surface area contributed by atoms with E-state index in [9.17, 15) is 14.8 Å². The Kier molecular flexibility index (Phi) is 6.18. The van der Waals surface area contributed by atoms with E-state index >= 15 is 0 Å². The van der Waals surface area contributed by atoms with Crippen molar-refractivity contribution in [1.29, 1.82) is 5.26 Å². The van der Waals surface area contributed by atoms with Crippen molar-refractivity contribution in [3.8, 4) is 12.1 Å². The second-order valence-electron chi connectivity index (χ2n) is 12.5. The summed E-state index contributed by atoms with van der Waals surface area (Å²) in [7, 11) is 2.00. The van der Waals surface area contributed by atoms with Crippen LogP contribution in [0.4, 0.5) is 15.9 Å². The fraction of sp³-hybridized carbons (Fsp3) is 0.633. The van der Waals surface area contributed by atoms with Gasteiger partial charge in [-0.1, -0.05) is 6.07 Å². The van der Waals surface area contributed by atoms with Crippen LogP contribution in [0.5, 0.6) is 6.01 Å². The second-order valence-corrected chi connectivity index (χ2v) is 12.5. The Morgan fingerprint density at radius 2 is 2.15 bits per heavy atom. The molecule has 0 radical (unpaired) electrons. The van der Waals surface area contributed by atoms with E-state index in [1.165, 1.54) is 0 Å². The van der Waals surface area contributed by atoms with E-state index in [1.54, 1.807) is 0 Å². The molecule has 3 unspecified atom stereocenters. The fourth-order valence-electron chi connectivity index (χ4n) is 7.89. The minimum Gasteiger partial charge on any atom is -0.461 e. The van der Waals surface area contributed by atoms with Gasteiger partial charge in [0.15, 0.2) is 0 Å². The molecule has 1 aromatic heterocycles. The zero-order valence-corrected chi connectivity index (χ0v) is 23.0. The highest BCUT2D eigenvalue weighted by molar-refractivity contribution is 5.63. The van der Waals surface area contributed by atoms with E-state index in [1.807, 2.05) is 19.2 Å². The number of nitrogens with zero attached hydrogens (tertiary/aromatic N) is 5. The third-order valence-electron chi connectivity index (χ3n) is 10.1. The molecule has 5 aliphatic rings. The Morgan fingerprint density at radius 3 is 2.95 bits per heavy atom. The number of halogens is 1. The number of hydrogen-bond acceptors (Lipinski definition) is 9. The predicted molar refractivity (Wildman–Crippen MR) is 147 cm³/mol. The predicted octanol–water partition coefficient (Wildman–Crippen LogP) is 3.15. The molecule has 4 heterocycles. The Hall–Kier alpha value is -3.00. The summed E-state index contributed by atoms with van der Waals surface area (Å²) in [5.41, 5.74) is 10.0. The molecule has 2 saturated heterocycles. The molecule has 40 heavy (non-hydrogen) atoms. The molecule has 2 aromatic rings. The minimum absolute atomic E-state index is 0.171. The SMILES string of the molecule is CN(c1nc(OCC23CCCN2CC(F)C3)nc2c1COC1(CCCc3ccc(N)c(C#N)c31)C2)C1CC(O)C1. The summed E-state index contributed by atoms with van der Waals surface area (Å²) in [4.78, 5) is 14.2. The van der Waals surface area contributed by atoms with Crippen LogP contribution in [0, 0.1) is 11.3 Å². The molecule has 0 amide bonds. The summed E-state index contributed by atoms with van der Waals surface area (Å²) in [6, 6.07) is 6.65. The van der Waals surface area contributed by atoms with Gasteiger partial charge in [-0.2, -0.15) is 15.2 Å². The second kappa shape index (κ2) is 9.54. The van der Waals surface area contributed by atoms with Gasteiger partial charge < -0.3 is 25.2 Å². The van der Waals surface area contributed by atoms with Crippen molar-refractivity contribution >= 4 is 11.5 Å². The van der Waals surface area contributed by atoms with E-state index in [0.717, 1.165) is 66.9 Å². The maximum atomic E-state index is 14.4. The van der Waals surface area contributed by atoms with Crippen LogP contribution < -0.4 is 15.4 Å². The quantitative estimate of drug-likeness (QED) is 0.543. The summed E-state index contributed by atoms with van der Waals surface area (Å²) < 4.78 is 27.4. The summed E-state index contributed by atoms with van der Waals surface area (Å²) in [5, 5.41) is 20.0. The van der Waals surface area contributed by atoms with Crippen molar-refractivity contribution in [2.24, 2.45) is 0 Å². The summed E-state index contributed by atoms with van der Waals surface area (Å²) in [6.07, 6.45) is 5.78. The van der Waals surface area contributed by atoms with Crippen molar-refractivity contribution in [2.75, 3.05) is 37.4 Å². The Bertz CT molecular complexity index is 1380. The molecule has 3 aliphatic heterocycles. The number of nitriles is 1. The number of anilines is 2. The molecule has 0 bridgehead atoms. The number of fused-ring (bicyclic) bond motifs is 4. The van der Waals surface area contributed by atoms with Crippen molar-refractivity contribution < 1.29 is 19.0 Å². The number of aliphatic hydroxyl groups is 1. The maximum absolute atomic E-state index is 14.4. The number of hydrogen-bond donors (Lipinski definition) is 2. The molecule has 9 nitrogen and oxygen atoms in total. The van der Waals surface area contributed by atoms with Gasteiger partial charge in [0.1, 0.15) is 30.3 Å². The molecule has 3 fully saturated rings. The zero-order chi connectivity index (χ0) is 27.6. The number of ether oxygens (including phenoxy) is 2. The smallest absolute Gasteiger partial charge is 0.318 e. The monoisotopic (exact) mass is 548 g/mol. The molecule has 1 saturated carbocycles. The first-order chi connectivity index (χ1) is 19.3. The molecule has 10 heteroatoms. The van der Waals surface area contributed by atoms with Gasteiger partial charge in [-0.15, -0.1) is 0 Å². The molecule has 7 rings (SSSR count). The highest BCUT2D eigenvalue weighted by Gasteiger charge is 2.50. The molecule has 2 aliphatic carbocycles. The summed E-state index contributed by atoms with van der Waals surface area (Å²) in [6.45, 7) is 2.04. The lowest BCUT2D eigenvalue weighted by molar-refractivity contribution is -0.0857. The molecular formula is C30H37FN6O3. The van der Waals surface area contributed by atoms with Crippen LogP contribution >= 0.6 is 0 Å². The average Bonchev–Trinajstić information content (AvgIpc) is 3.45. The number of rotatable bonds is 5. The number of nitrogen functional groups attached to an aromatic ring is 1. The van der Waals surface area contributed by atoms with Crippen LogP contribution in [0.15, 0.2) is 12.1 Å². The first-order valence-corrected chi connectivity index (χ1v) is 14.6. The van der Waals surface area contributed by atoms with Crippen molar-refractivity contribution in [1.82, 2.24) is 14.9 Å². The van der Waals surface area contributed by atoms with Gasteiger partial charge >= 0.3 is 6.01 Å². The molecule has 212 valence electrons. The van der Waals surface area contributed by atoms with Crippen LogP contribution in [0.1, 0.15) is 72.9 Å². The maximum Gasteiger partial charge on any atom is 0.318 e. The number of benzene rings is 1.